The number of carbonyl (C=O) groups excluding carboxylic acids is 1. The van der Waals surface area contributed by atoms with Crippen LogP contribution < -0.4 is 5.32 Å². The number of carbonyl (C=O) groups is 1. The third-order valence-corrected chi connectivity index (χ3v) is 4.71. The van der Waals surface area contributed by atoms with Gasteiger partial charge >= 0.3 is 0 Å². The first-order chi connectivity index (χ1) is 11.9. The number of halogens is 1. The summed E-state index contributed by atoms with van der Waals surface area (Å²) in [6, 6.07) is 8.10. The summed E-state index contributed by atoms with van der Waals surface area (Å²) in [5.41, 5.74) is 3.84. The van der Waals surface area contributed by atoms with Gasteiger partial charge in [-0.15, -0.1) is 0 Å². The normalized spacial score (nSPS) is 12.4. The van der Waals surface area contributed by atoms with Crippen molar-refractivity contribution in [2.45, 2.75) is 40.2 Å². The quantitative estimate of drug-likeness (QED) is 0.761. The lowest BCUT2D eigenvalue weighted by Crippen LogP contribution is -2.32. The highest BCUT2D eigenvalue weighted by atomic mass is 35.5. The molecule has 25 heavy (non-hydrogen) atoms. The van der Waals surface area contributed by atoms with Gasteiger partial charge in [-0.1, -0.05) is 36.2 Å². The number of nitrogens with one attached hydrogen (secondary N) is 1. The van der Waals surface area contributed by atoms with Gasteiger partial charge in [0.05, 0.1) is 27.4 Å². The van der Waals surface area contributed by atoms with Crippen molar-refractivity contribution in [2.75, 3.05) is 0 Å². The van der Waals surface area contributed by atoms with Crippen LogP contribution in [0.1, 0.15) is 41.9 Å². The second-order valence-corrected chi connectivity index (χ2v) is 6.68. The number of aromatic nitrogens is 3. The fourth-order valence-corrected chi connectivity index (χ4v) is 2.99. The van der Waals surface area contributed by atoms with Crippen molar-refractivity contribution in [2.24, 2.45) is 0 Å². The monoisotopic (exact) mass is 356 g/mol. The van der Waals surface area contributed by atoms with Gasteiger partial charge < -0.3 is 5.32 Å². The largest absolute Gasteiger partial charge is 0.350 e. The Morgan fingerprint density at radius 2 is 1.96 bits per heavy atom. The van der Waals surface area contributed by atoms with Gasteiger partial charge in [-0.25, -0.2) is 9.67 Å². The van der Waals surface area contributed by atoms with E-state index in [1.165, 1.54) is 11.8 Å². The number of aryl methyl sites for hydroxylation is 2. The van der Waals surface area contributed by atoms with Crippen molar-refractivity contribution < 1.29 is 4.79 Å². The highest BCUT2D eigenvalue weighted by molar-refractivity contribution is 6.38. The topological polar surface area (TPSA) is 59.8 Å². The van der Waals surface area contributed by atoms with Crippen LogP contribution in [0.4, 0.5) is 0 Å². The van der Waals surface area contributed by atoms with Crippen molar-refractivity contribution in [1.29, 1.82) is 0 Å². The van der Waals surface area contributed by atoms with Gasteiger partial charge in [-0.05, 0) is 39.3 Å². The lowest BCUT2D eigenvalue weighted by molar-refractivity contribution is 0.0939. The van der Waals surface area contributed by atoms with E-state index in [-0.39, 0.29) is 11.9 Å². The van der Waals surface area contributed by atoms with Crippen molar-refractivity contribution in [3.05, 3.63) is 52.3 Å². The second-order valence-electron chi connectivity index (χ2n) is 6.30. The second kappa shape index (κ2) is 6.84. The van der Waals surface area contributed by atoms with Crippen LogP contribution in [0, 0.1) is 13.8 Å². The Hall–Kier alpha value is -2.40. The maximum atomic E-state index is 12.4. The molecule has 5 nitrogen and oxygen atoms in total. The molecule has 0 bridgehead atoms. The Balaban J connectivity index is 2.10. The van der Waals surface area contributed by atoms with Gasteiger partial charge in [0, 0.05) is 12.2 Å². The lowest BCUT2D eigenvalue weighted by Gasteiger charge is -2.12. The van der Waals surface area contributed by atoms with E-state index in [0.29, 0.717) is 21.6 Å². The van der Waals surface area contributed by atoms with Crippen LogP contribution in [0.15, 0.2) is 30.5 Å². The van der Waals surface area contributed by atoms with Crippen molar-refractivity contribution in [1.82, 2.24) is 20.1 Å². The molecular weight excluding hydrogens is 336 g/mol. The molecule has 0 unspecified atom stereocenters. The zero-order valence-electron chi connectivity index (χ0n) is 14.8. The van der Waals surface area contributed by atoms with Gasteiger partial charge in [0.2, 0.25) is 0 Å². The molecule has 0 aliphatic heterocycles. The third kappa shape index (κ3) is 3.24. The minimum Gasteiger partial charge on any atom is -0.350 e. The summed E-state index contributed by atoms with van der Waals surface area (Å²) in [5.74, 6) is -0.212. The molecule has 1 atom stereocenters. The molecule has 1 aromatic carbocycles. The smallest absolute Gasteiger partial charge is 0.254 e. The summed E-state index contributed by atoms with van der Waals surface area (Å²) < 4.78 is 1.76. The predicted octanol–water partition coefficient (Wildman–Crippen LogP) is 4.22. The van der Waals surface area contributed by atoms with E-state index in [4.69, 9.17) is 11.6 Å². The molecule has 0 saturated heterocycles. The predicted molar refractivity (Wildman–Crippen MR) is 101 cm³/mol. The molecule has 130 valence electrons. The summed E-state index contributed by atoms with van der Waals surface area (Å²) >= 11 is 6.54. The number of benzene rings is 1. The molecule has 0 aliphatic rings. The number of pyridine rings is 1. The maximum absolute atomic E-state index is 12.4. The van der Waals surface area contributed by atoms with E-state index in [1.54, 1.807) is 4.68 Å². The van der Waals surface area contributed by atoms with E-state index in [2.05, 4.69) is 15.4 Å². The molecule has 0 radical (unpaired) electrons. The molecule has 3 rings (SSSR count). The third-order valence-electron chi connectivity index (χ3n) is 4.32. The standard InChI is InChI=1S/C19H21ClN4O/c1-5-12(3)22-19(25)15-10-21-18-16(17(15)20)13(4)23-24(18)14-8-6-11(2)7-9-14/h6-10,12H,5H2,1-4H3,(H,22,25)/t12-/m1/s1. The molecule has 2 aromatic heterocycles. The number of nitrogens with zero attached hydrogens (tertiary/aromatic N) is 3. The zero-order valence-corrected chi connectivity index (χ0v) is 15.6. The Morgan fingerprint density at radius 3 is 2.60 bits per heavy atom. The SMILES string of the molecule is CC[C@@H](C)NC(=O)c1cnc2c(c(C)nn2-c2ccc(C)cc2)c1Cl. The van der Waals surface area contributed by atoms with E-state index >= 15 is 0 Å². The molecule has 0 saturated carbocycles. The maximum Gasteiger partial charge on any atom is 0.254 e. The van der Waals surface area contributed by atoms with E-state index in [0.717, 1.165) is 17.8 Å². The fourth-order valence-electron chi connectivity index (χ4n) is 2.64. The summed E-state index contributed by atoms with van der Waals surface area (Å²) in [6.07, 6.45) is 2.37. The molecule has 1 amide bonds. The highest BCUT2D eigenvalue weighted by Gasteiger charge is 2.20. The summed E-state index contributed by atoms with van der Waals surface area (Å²) in [6.45, 7) is 7.88. The molecule has 3 aromatic rings. The highest BCUT2D eigenvalue weighted by Crippen LogP contribution is 2.30. The van der Waals surface area contributed by atoms with Crippen molar-refractivity contribution >= 4 is 28.5 Å². The van der Waals surface area contributed by atoms with Crippen LogP contribution >= 0.6 is 11.6 Å². The molecule has 2 heterocycles. The number of amides is 1. The Kier molecular flexibility index (Phi) is 4.77. The Labute approximate surface area is 152 Å². The number of fused-ring (bicyclic) bond motifs is 1. The first kappa shape index (κ1) is 17.4. The van der Waals surface area contributed by atoms with Gasteiger partial charge in [-0.2, -0.15) is 5.10 Å². The first-order valence-corrected chi connectivity index (χ1v) is 8.72. The molecular formula is C19H21ClN4O. The summed E-state index contributed by atoms with van der Waals surface area (Å²) in [7, 11) is 0. The van der Waals surface area contributed by atoms with E-state index < -0.39 is 0 Å². The summed E-state index contributed by atoms with van der Waals surface area (Å²) in [5, 5.41) is 8.59. The van der Waals surface area contributed by atoms with Gasteiger partial charge in [-0.3, -0.25) is 4.79 Å². The van der Waals surface area contributed by atoms with Gasteiger partial charge in [0.15, 0.2) is 5.65 Å². The van der Waals surface area contributed by atoms with Gasteiger partial charge in [0.1, 0.15) is 0 Å². The number of hydrogen-bond acceptors (Lipinski definition) is 3. The minimum atomic E-state index is -0.212. The first-order valence-electron chi connectivity index (χ1n) is 8.34. The molecule has 0 fully saturated rings. The molecule has 6 heteroatoms. The lowest BCUT2D eigenvalue weighted by atomic mass is 10.1. The van der Waals surface area contributed by atoms with Crippen LogP contribution in [0.2, 0.25) is 5.02 Å². The molecule has 1 N–H and O–H groups in total. The van der Waals surface area contributed by atoms with Crippen molar-refractivity contribution in [3.63, 3.8) is 0 Å². The van der Waals surface area contributed by atoms with Gasteiger partial charge in [0.25, 0.3) is 5.91 Å². The van der Waals surface area contributed by atoms with E-state index in [9.17, 15) is 4.79 Å². The van der Waals surface area contributed by atoms with Crippen LogP contribution in [-0.4, -0.2) is 26.7 Å². The average molecular weight is 357 g/mol. The molecule has 0 aliphatic carbocycles. The fraction of sp³-hybridized carbons (Fsp3) is 0.316. The Bertz CT molecular complexity index is 931. The average Bonchev–Trinajstić information content (AvgIpc) is 2.93. The zero-order chi connectivity index (χ0) is 18.1. The Morgan fingerprint density at radius 1 is 1.28 bits per heavy atom. The van der Waals surface area contributed by atoms with E-state index in [1.807, 2.05) is 52.0 Å². The van der Waals surface area contributed by atoms with Crippen LogP contribution in [0.25, 0.3) is 16.7 Å². The van der Waals surface area contributed by atoms with Crippen LogP contribution in [-0.2, 0) is 0 Å². The minimum absolute atomic E-state index is 0.0793. The van der Waals surface area contributed by atoms with Crippen molar-refractivity contribution in [3.8, 4) is 5.69 Å². The molecule has 0 spiro atoms. The number of hydrogen-bond donors (Lipinski definition) is 1. The van der Waals surface area contributed by atoms with Crippen LogP contribution in [0.3, 0.4) is 0 Å². The number of rotatable bonds is 4. The van der Waals surface area contributed by atoms with Crippen LogP contribution in [0.5, 0.6) is 0 Å². The summed E-state index contributed by atoms with van der Waals surface area (Å²) in [4.78, 5) is 16.9.